The van der Waals surface area contributed by atoms with Gasteiger partial charge in [0.05, 0.1) is 30.1 Å². The van der Waals surface area contributed by atoms with E-state index in [1.54, 1.807) is 10.6 Å². The highest BCUT2D eigenvalue weighted by Gasteiger charge is 2.31. The molecular formula is C22H30N4O3. The van der Waals surface area contributed by atoms with Crippen LogP contribution in [0.4, 0.5) is 0 Å². The van der Waals surface area contributed by atoms with Gasteiger partial charge in [-0.1, -0.05) is 18.6 Å². The summed E-state index contributed by atoms with van der Waals surface area (Å²) in [6.45, 7) is 3.46. The molecule has 0 spiro atoms. The number of rotatable bonds is 6. The van der Waals surface area contributed by atoms with Crippen LogP contribution >= 0.6 is 0 Å². The third-order valence-electron chi connectivity index (χ3n) is 6.20. The number of likely N-dealkylation sites (tertiary alicyclic amines) is 2. The van der Waals surface area contributed by atoms with E-state index < -0.39 is 0 Å². The first-order valence-electron chi connectivity index (χ1n) is 10.8. The monoisotopic (exact) mass is 398 g/mol. The number of amides is 1. The zero-order valence-corrected chi connectivity index (χ0v) is 16.9. The number of nitrogens with zero attached hydrogens (tertiary/aromatic N) is 4. The lowest BCUT2D eigenvalue weighted by Crippen LogP contribution is -2.39. The highest BCUT2D eigenvalue weighted by atomic mass is 16.3. The summed E-state index contributed by atoms with van der Waals surface area (Å²) >= 11 is 0. The van der Waals surface area contributed by atoms with E-state index in [-0.39, 0.29) is 30.7 Å². The van der Waals surface area contributed by atoms with Gasteiger partial charge in [-0.15, -0.1) is 0 Å². The van der Waals surface area contributed by atoms with Crippen LogP contribution < -0.4 is 5.56 Å². The van der Waals surface area contributed by atoms with Crippen LogP contribution in [-0.4, -0.2) is 63.2 Å². The van der Waals surface area contributed by atoms with E-state index >= 15 is 0 Å². The van der Waals surface area contributed by atoms with E-state index in [4.69, 9.17) is 4.98 Å². The fourth-order valence-corrected chi connectivity index (χ4v) is 4.67. The van der Waals surface area contributed by atoms with Crippen LogP contribution in [-0.2, 0) is 11.3 Å². The molecule has 0 bridgehead atoms. The van der Waals surface area contributed by atoms with Crippen molar-refractivity contribution in [2.75, 3.05) is 32.8 Å². The minimum Gasteiger partial charge on any atom is -0.395 e. The second kappa shape index (κ2) is 9.05. The number of para-hydroxylation sites is 1. The first-order valence-corrected chi connectivity index (χ1v) is 10.8. The summed E-state index contributed by atoms with van der Waals surface area (Å²) in [4.78, 5) is 34.5. The van der Waals surface area contributed by atoms with E-state index in [0.717, 1.165) is 64.1 Å². The van der Waals surface area contributed by atoms with Gasteiger partial charge in [0, 0.05) is 26.1 Å². The maximum atomic E-state index is 13.0. The molecule has 2 aliphatic heterocycles. The molecule has 1 aromatic heterocycles. The van der Waals surface area contributed by atoms with Crippen LogP contribution in [0, 0.1) is 0 Å². The molecule has 1 N–H and O–H groups in total. The number of hydrogen-bond donors (Lipinski definition) is 1. The second-order valence-electron chi connectivity index (χ2n) is 8.05. The number of benzene rings is 1. The fraction of sp³-hybridized carbons (Fsp3) is 0.591. The summed E-state index contributed by atoms with van der Waals surface area (Å²) in [5.74, 6) is 1.00. The lowest BCUT2D eigenvalue weighted by molar-refractivity contribution is -0.130. The van der Waals surface area contributed by atoms with Crippen LogP contribution in [0.5, 0.6) is 0 Å². The third-order valence-corrected chi connectivity index (χ3v) is 6.20. The molecule has 2 fully saturated rings. The van der Waals surface area contributed by atoms with Crippen molar-refractivity contribution < 1.29 is 9.90 Å². The Bertz CT molecular complexity index is 926. The average molecular weight is 399 g/mol. The molecular weight excluding hydrogens is 368 g/mol. The maximum Gasteiger partial charge on any atom is 0.261 e. The molecule has 2 saturated heterocycles. The molecule has 3 heterocycles. The van der Waals surface area contributed by atoms with Gasteiger partial charge in [-0.3, -0.25) is 19.1 Å². The van der Waals surface area contributed by atoms with Crippen LogP contribution in [0.2, 0.25) is 0 Å². The van der Waals surface area contributed by atoms with E-state index in [2.05, 4.69) is 4.90 Å². The molecule has 1 aromatic carbocycles. The number of hydrogen-bond acceptors (Lipinski definition) is 5. The highest BCUT2D eigenvalue weighted by Crippen LogP contribution is 2.31. The number of fused-ring (bicyclic) bond motifs is 1. The molecule has 7 heteroatoms. The summed E-state index contributed by atoms with van der Waals surface area (Å²) in [5.41, 5.74) is 0.616. The maximum absolute atomic E-state index is 13.0. The first-order chi connectivity index (χ1) is 14.2. The lowest BCUT2D eigenvalue weighted by Gasteiger charge is -2.29. The molecule has 2 aliphatic rings. The Kier molecular flexibility index (Phi) is 6.25. The van der Waals surface area contributed by atoms with Gasteiger partial charge in [0.25, 0.3) is 5.56 Å². The third kappa shape index (κ3) is 4.21. The van der Waals surface area contributed by atoms with Gasteiger partial charge in [0.1, 0.15) is 5.82 Å². The molecule has 0 radical (unpaired) electrons. The molecule has 156 valence electrons. The van der Waals surface area contributed by atoms with Gasteiger partial charge in [-0.2, -0.15) is 0 Å². The summed E-state index contributed by atoms with van der Waals surface area (Å²) in [7, 11) is 0. The van der Waals surface area contributed by atoms with Crippen molar-refractivity contribution in [1.82, 2.24) is 19.4 Å². The normalized spacial score (nSPS) is 21.1. The van der Waals surface area contributed by atoms with Crippen molar-refractivity contribution in [3.8, 4) is 0 Å². The SMILES string of the molecule is O=C1CCCCCN1CCN1CCCC1c1nc2ccccc2c(=O)n1CCO. The Morgan fingerprint density at radius 1 is 1.00 bits per heavy atom. The largest absolute Gasteiger partial charge is 0.395 e. The van der Waals surface area contributed by atoms with E-state index in [0.29, 0.717) is 17.3 Å². The minimum atomic E-state index is -0.0953. The Labute approximate surface area is 170 Å². The molecule has 1 unspecified atom stereocenters. The van der Waals surface area contributed by atoms with Crippen LogP contribution in [0.25, 0.3) is 10.9 Å². The number of aliphatic hydroxyl groups is 1. The molecule has 7 nitrogen and oxygen atoms in total. The average Bonchev–Trinajstić information content (AvgIpc) is 3.10. The van der Waals surface area contributed by atoms with Crippen molar-refractivity contribution >= 4 is 16.8 Å². The van der Waals surface area contributed by atoms with Crippen LogP contribution in [0.1, 0.15) is 50.4 Å². The Hall–Kier alpha value is -2.25. The molecule has 2 aromatic rings. The van der Waals surface area contributed by atoms with E-state index in [9.17, 15) is 14.7 Å². The molecule has 0 aliphatic carbocycles. The Balaban J connectivity index is 1.59. The van der Waals surface area contributed by atoms with Crippen molar-refractivity contribution in [1.29, 1.82) is 0 Å². The molecule has 0 saturated carbocycles. The standard InChI is InChI=1S/C22H30N4O3/c27-16-15-26-21(23-18-8-4-3-7-17(18)22(26)29)19-9-6-12-24(19)13-14-25-11-5-1-2-10-20(25)28/h3-4,7-8,19,27H,1-2,5-6,9-16H2. The van der Waals surface area contributed by atoms with Gasteiger partial charge in [0.15, 0.2) is 0 Å². The van der Waals surface area contributed by atoms with Crippen molar-refractivity contribution in [3.05, 3.63) is 40.4 Å². The van der Waals surface area contributed by atoms with Gasteiger partial charge in [-0.05, 0) is 44.4 Å². The van der Waals surface area contributed by atoms with Gasteiger partial charge >= 0.3 is 0 Å². The summed E-state index contributed by atoms with van der Waals surface area (Å²) in [5, 5.41) is 10.1. The Morgan fingerprint density at radius 3 is 2.72 bits per heavy atom. The quantitative estimate of drug-likeness (QED) is 0.804. The topological polar surface area (TPSA) is 78.7 Å². The van der Waals surface area contributed by atoms with Crippen LogP contribution in [0.3, 0.4) is 0 Å². The van der Waals surface area contributed by atoms with Gasteiger partial charge in [0.2, 0.25) is 5.91 Å². The summed E-state index contributed by atoms with van der Waals surface area (Å²) in [6, 6.07) is 7.44. The minimum absolute atomic E-state index is 0.0425. The summed E-state index contributed by atoms with van der Waals surface area (Å²) in [6.07, 6.45) is 5.84. The number of aromatic nitrogens is 2. The zero-order chi connectivity index (χ0) is 20.2. The van der Waals surface area contributed by atoms with E-state index in [1.807, 2.05) is 23.1 Å². The molecule has 1 amide bonds. The summed E-state index contributed by atoms with van der Waals surface area (Å²) < 4.78 is 1.64. The van der Waals surface area contributed by atoms with E-state index in [1.165, 1.54) is 0 Å². The smallest absolute Gasteiger partial charge is 0.261 e. The molecule has 4 rings (SSSR count). The van der Waals surface area contributed by atoms with Crippen molar-refractivity contribution in [3.63, 3.8) is 0 Å². The van der Waals surface area contributed by atoms with Gasteiger partial charge in [-0.25, -0.2) is 4.98 Å². The predicted molar refractivity (Wildman–Crippen MR) is 112 cm³/mol. The Morgan fingerprint density at radius 2 is 1.86 bits per heavy atom. The zero-order valence-electron chi connectivity index (χ0n) is 16.9. The van der Waals surface area contributed by atoms with Crippen LogP contribution in [0.15, 0.2) is 29.1 Å². The predicted octanol–water partition coefficient (Wildman–Crippen LogP) is 1.93. The fourth-order valence-electron chi connectivity index (χ4n) is 4.67. The lowest BCUT2D eigenvalue weighted by atomic mass is 10.1. The molecule has 29 heavy (non-hydrogen) atoms. The van der Waals surface area contributed by atoms with Crippen molar-refractivity contribution in [2.45, 2.75) is 51.1 Å². The number of aliphatic hydroxyl groups excluding tert-OH is 1. The second-order valence-corrected chi connectivity index (χ2v) is 8.05. The highest BCUT2D eigenvalue weighted by molar-refractivity contribution is 5.77. The van der Waals surface area contributed by atoms with Crippen molar-refractivity contribution in [2.24, 2.45) is 0 Å². The first kappa shape index (κ1) is 20.0. The molecule has 1 atom stereocenters. The van der Waals surface area contributed by atoms with Gasteiger partial charge < -0.3 is 10.0 Å². The number of carbonyl (C=O) groups is 1. The number of carbonyl (C=O) groups excluding carboxylic acids is 1.